The van der Waals surface area contributed by atoms with E-state index in [1.165, 1.54) is 0 Å². The molecule has 1 saturated heterocycles. The minimum Gasteiger partial charge on any atom is -0.486 e. The van der Waals surface area contributed by atoms with E-state index in [2.05, 4.69) is 10.6 Å². The van der Waals surface area contributed by atoms with Gasteiger partial charge in [-0.3, -0.25) is 4.79 Å². The quantitative estimate of drug-likeness (QED) is 0.834. The number of benzene rings is 1. The van der Waals surface area contributed by atoms with E-state index >= 15 is 0 Å². The van der Waals surface area contributed by atoms with E-state index in [0.29, 0.717) is 36.3 Å². The number of carbonyl (C=O) groups is 1. The van der Waals surface area contributed by atoms with E-state index in [-0.39, 0.29) is 29.6 Å². The Balaban J connectivity index is 0.00000182. The molecule has 1 amide bonds. The molecule has 0 aromatic heterocycles. The van der Waals surface area contributed by atoms with Crippen LogP contribution in [-0.4, -0.2) is 38.8 Å². The van der Waals surface area contributed by atoms with Crippen LogP contribution in [0.3, 0.4) is 0 Å². The normalized spacial score (nSPS) is 22.8. The maximum absolute atomic E-state index is 12.4. The molecule has 0 radical (unpaired) electrons. The number of amides is 1. The van der Waals surface area contributed by atoms with Gasteiger partial charge in [-0.25, -0.2) is 0 Å². The summed E-state index contributed by atoms with van der Waals surface area (Å²) in [6, 6.07) is 3.85. The predicted octanol–water partition coefficient (Wildman–Crippen LogP) is 2.58. The van der Waals surface area contributed by atoms with Crippen LogP contribution in [0.4, 0.5) is 0 Å². The van der Waals surface area contributed by atoms with Crippen molar-refractivity contribution in [2.24, 2.45) is 11.3 Å². The second-order valence-corrected chi connectivity index (χ2v) is 7.42. The minimum absolute atomic E-state index is 0. The standard InChI is InChI=1S/C18H23ClN2O3.ClH/c19-14-9-12(10-15-16(14)24-8-7-23-15)1-4-21-17(22)13-11-18(13)2-5-20-6-3-18;/h9-10,13,20H,1-8,11H2,(H,21,22);1H. The number of rotatable bonds is 4. The van der Waals surface area contributed by atoms with Gasteiger partial charge in [-0.2, -0.15) is 0 Å². The number of halogens is 2. The van der Waals surface area contributed by atoms with Gasteiger partial charge in [-0.05, 0) is 61.9 Å². The number of piperidine rings is 1. The Morgan fingerprint density at radius 2 is 2.04 bits per heavy atom. The van der Waals surface area contributed by atoms with Gasteiger partial charge in [-0.1, -0.05) is 11.6 Å². The third kappa shape index (κ3) is 3.83. The zero-order valence-electron chi connectivity index (χ0n) is 14.1. The SMILES string of the molecule is Cl.O=C(NCCc1cc(Cl)c2c(c1)OCCO2)C1CC12CCNCC2. The fraction of sp³-hybridized carbons (Fsp3) is 0.611. The number of hydrogen-bond acceptors (Lipinski definition) is 4. The lowest BCUT2D eigenvalue weighted by molar-refractivity contribution is -0.123. The number of nitrogens with one attached hydrogen (secondary N) is 2. The maximum atomic E-state index is 12.4. The van der Waals surface area contributed by atoms with Crippen LogP contribution in [-0.2, 0) is 11.2 Å². The highest BCUT2D eigenvalue weighted by molar-refractivity contribution is 6.32. The lowest BCUT2D eigenvalue weighted by Crippen LogP contribution is -2.34. The largest absolute Gasteiger partial charge is 0.486 e. The number of carbonyl (C=O) groups excluding carboxylic acids is 1. The topological polar surface area (TPSA) is 59.6 Å². The van der Waals surface area contributed by atoms with E-state index < -0.39 is 0 Å². The van der Waals surface area contributed by atoms with Crippen molar-refractivity contribution in [2.45, 2.75) is 25.7 Å². The van der Waals surface area contributed by atoms with E-state index in [0.717, 1.165) is 44.3 Å². The molecule has 1 spiro atoms. The summed E-state index contributed by atoms with van der Waals surface area (Å²) < 4.78 is 11.1. The highest BCUT2D eigenvalue weighted by Crippen LogP contribution is 2.58. The third-order valence-electron chi connectivity index (χ3n) is 5.48. The molecular formula is C18H24Cl2N2O3. The Morgan fingerprint density at radius 3 is 2.84 bits per heavy atom. The summed E-state index contributed by atoms with van der Waals surface area (Å²) in [6.45, 7) is 3.78. The first kappa shape index (κ1) is 18.6. The van der Waals surface area contributed by atoms with Gasteiger partial charge in [0.25, 0.3) is 0 Å². The van der Waals surface area contributed by atoms with Gasteiger partial charge in [0.15, 0.2) is 11.5 Å². The summed E-state index contributed by atoms with van der Waals surface area (Å²) in [7, 11) is 0. The van der Waals surface area contributed by atoms with Crippen molar-refractivity contribution in [3.8, 4) is 11.5 Å². The summed E-state index contributed by atoms with van der Waals surface area (Å²) in [5, 5.41) is 7.03. The molecule has 0 bridgehead atoms. The molecule has 1 aromatic rings. The second kappa shape index (κ2) is 7.60. The number of fused-ring (bicyclic) bond motifs is 1. The predicted molar refractivity (Wildman–Crippen MR) is 99.0 cm³/mol. The van der Waals surface area contributed by atoms with Crippen LogP contribution in [0, 0.1) is 11.3 Å². The third-order valence-corrected chi connectivity index (χ3v) is 5.76. The van der Waals surface area contributed by atoms with Crippen LogP contribution in [0.15, 0.2) is 12.1 Å². The Bertz CT molecular complexity index is 647. The van der Waals surface area contributed by atoms with Crippen LogP contribution in [0.2, 0.25) is 5.02 Å². The van der Waals surface area contributed by atoms with Crippen LogP contribution in [0.1, 0.15) is 24.8 Å². The van der Waals surface area contributed by atoms with Gasteiger partial charge in [0.05, 0.1) is 5.02 Å². The zero-order chi connectivity index (χ0) is 16.6. The molecule has 5 nitrogen and oxygen atoms in total. The van der Waals surface area contributed by atoms with Crippen molar-refractivity contribution in [3.63, 3.8) is 0 Å². The number of ether oxygens (including phenoxy) is 2. The first-order valence-electron chi connectivity index (χ1n) is 8.74. The van der Waals surface area contributed by atoms with Gasteiger partial charge in [0, 0.05) is 12.5 Å². The average molecular weight is 387 g/mol. The Morgan fingerprint density at radius 1 is 1.28 bits per heavy atom. The van der Waals surface area contributed by atoms with Crippen LogP contribution < -0.4 is 20.1 Å². The molecule has 3 aliphatic rings. The highest BCUT2D eigenvalue weighted by atomic mass is 35.5. The van der Waals surface area contributed by atoms with Gasteiger partial charge in [0.2, 0.25) is 5.91 Å². The van der Waals surface area contributed by atoms with Crippen molar-refractivity contribution < 1.29 is 14.3 Å². The molecule has 1 aromatic carbocycles. The van der Waals surface area contributed by atoms with Gasteiger partial charge in [0.1, 0.15) is 13.2 Å². The maximum Gasteiger partial charge on any atom is 0.223 e. The molecule has 138 valence electrons. The summed E-state index contributed by atoms with van der Waals surface area (Å²) in [5.74, 6) is 1.75. The smallest absolute Gasteiger partial charge is 0.223 e. The first-order valence-corrected chi connectivity index (χ1v) is 9.12. The Kier molecular flexibility index (Phi) is 5.66. The fourth-order valence-corrected chi connectivity index (χ4v) is 4.25. The second-order valence-electron chi connectivity index (χ2n) is 7.01. The molecule has 2 aliphatic heterocycles. The summed E-state index contributed by atoms with van der Waals surface area (Å²) >= 11 is 6.25. The van der Waals surface area contributed by atoms with Crippen molar-refractivity contribution in [3.05, 3.63) is 22.7 Å². The van der Waals surface area contributed by atoms with Gasteiger partial charge in [-0.15, -0.1) is 12.4 Å². The lowest BCUT2D eigenvalue weighted by atomic mass is 9.92. The summed E-state index contributed by atoms with van der Waals surface area (Å²) in [5.41, 5.74) is 1.34. The van der Waals surface area contributed by atoms with Gasteiger partial charge < -0.3 is 20.1 Å². The average Bonchev–Trinajstić information content (AvgIpc) is 3.28. The fourth-order valence-electron chi connectivity index (χ4n) is 3.96. The highest BCUT2D eigenvalue weighted by Gasteiger charge is 2.57. The molecular weight excluding hydrogens is 363 g/mol. The minimum atomic E-state index is 0. The van der Waals surface area contributed by atoms with E-state index in [1.807, 2.05) is 12.1 Å². The van der Waals surface area contributed by atoms with Crippen LogP contribution >= 0.6 is 24.0 Å². The monoisotopic (exact) mass is 386 g/mol. The molecule has 1 unspecified atom stereocenters. The van der Waals surface area contributed by atoms with Crippen LogP contribution in [0.5, 0.6) is 11.5 Å². The van der Waals surface area contributed by atoms with Crippen molar-refractivity contribution in [1.29, 1.82) is 0 Å². The molecule has 1 atom stereocenters. The summed E-state index contributed by atoms with van der Waals surface area (Å²) in [6.07, 6.45) is 4.05. The van der Waals surface area contributed by atoms with Crippen molar-refractivity contribution in [1.82, 2.24) is 10.6 Å². The molecule has 7 heteroatoms. The molecule has 25 heavy (non-hydrogen) atoms. The lowest BCUT2D eigenvalue weighted by Gasteiger charge is -2.23. The first-order chi connectivity index (χ1) is 11.7. The van der Waals surface area contributed by atoms with Crippen molar-refractivity contribution in [2.75, 3.05) is 32.8 Å². The molecule has 1 saturated carbocycles. The molecule has 2 N–H and O–H groups in total. The van der Waals surface area contributed by atoms with E-state index in [9.17, 15) is 4.79 Å². The molecule has 1 aliphatic carbocycles. The number of hydrogen-bond donors (Lipinski definition) is 2. The molecule has 2 fully saturated rings. The Labute approximate surface area is 159 Å². The van der Waals surface area contributed by atoms with E-state index in [1.54, 1.807) is 0 Å². The molecule has 4 rings (SSSR count). The van der Waals surface area contributed by atoms with Crippen molar-refractivity contribution >= 4 is 29.9 Å². The Hall–Kier alpha value is -1.17. The van der Waals surface area contributed by atoms with Crippen LogP contribution in [0.25, 0.3) is 0 Å². The van der Waals surface area contributed by atoms with Gasteiger partial charge >= 0.3 is 0 Å². The summed E-state index contributed by atoms with van der Waals surface area (Å²) in [4.78, 5) is 12.4. The van der Waals surface area contributed by atoms with E-state index in [4.69, 9.17) is 21.1 Å². The molecule has 2 heterocycles. The zero-order valence-corrected chi connectivity index (χ0v) is 15.7.